The first kappa shape index (κ1) is 12.4. The Kier molecular flexibility index (Phi) is 3.38. The first-order chi connectivity index (χ1) is 8.00. The van der Waals surface area contributed by atoms with Crippen LogP contribution >= 0.6 is 15.9 Å². The minimum atomic E-state index is -0.310. The normalized spacial score (nSPS) is 19.7. The van der Waals surface area contributed by atoms with Crippen molar-refractivity contribution in [1.29, 1.82) is 0 Å². The summed E-state index contributed by atoms with van der Waals surface area (Å²) in [4.78, 5) is 28.4. The highest BCUT2D eigenvalue weighted by Gasteiger charge is 2.27. The van der Waals surface area contributed by atoms with Gasteiger partial charge < -0.3 is 9.88 Å². The molecule has 0 bridgehead atoms. The van der Waals surface area contributed by atoms with Crippen LogP contribution in [0.25, 0.3) is 0 Å². The lowest BCUT2D eigenvalue weighted by atomic mass is 10.2. The van der Waals surface area contributed by atoms with Crippen molar-refractivity contribution in [2.75, 3.05) is 6.54 Å². The van der Waals surface area contributed by atoms with Crippen LogP contribution in [0, 0.1) is 6.92 Å². The second-order valence-electron chi connectivity index (χ2n) is 4.47. The van der Waals surface area contributed by atoms with E-state index in [0.717, 1.165) is 29.6 Å². The van der Waals surface area contributed by atoms with Gasteiger partial charge in [0, 0.05) is 22.8 Å². The van der Waals surface area contributed by atoms with E-state index in [1.807, 2.05) is 6.92 Å². The number of hydrogen-bond acceptors (Lipinski definition) is 2. The van der Waals surface area contributed by atoms with Gasteiger partial charge in [0.05, 0.1) is 0 Å². The van der Waals surface area contributed by atoms with Crippen molar-refractivity contribution in [3.05, 3.63) is 32.2 Å². The Morgan fingerprint density at radius 2 is 2.29 bits per heavy atom. The Bertz CT molecular complexity index is 510. The Labute approximate surface area is 108 Å². The van der Waals surface area contributed by atoms with Crippen LogP contribution in [0.2, 0.25) is 0 Å². The number of halogens is 1. The zero-order chi connectivity index (χ0) is 12.6. The molecule has 1 amide bonds. The van der Waals surface area contributed by atoms with E-state index >= 15 is 0 Å². The molecule has 2 heterocycles. The second-order valence-corrected chi connectivity index (χ2v) is 5.33. The number of carbonyl (C=O) groups excluding carboxylic acids is 1. The molecule has 92 valence electrons. The second kappa shape index (κ2) is 4.64. The average molecular weight is 299 g/mol. The standard InChI is InChI=1S/C12H15BrN2O2/c1-7-4-3-5-15(7)12(17)9-6-10(13)8(2)14-11(9)16/h6-7H,3-5H2,1-2H3,(H,14,16)/t7-/m1/s1. The number of rotatable bonds is 1. The van der Waals surface area contributed by atoms with Crippen molar-refractivity contribution >= 4 is 21.8 Å². The maximum atomic E-state index is 12.2. The van der Waals surface area contributed by atoms with Gasteiger partial charge in [-0.05, 0) is 48.7 Å². The molecular formula is C12H15BrN2O2. The lowest BCUT2D eigenvalue weighted by Gasteiger charge is -2.21. The molecule has 1 saturated heterocycles. The molecule has 1 fully saturated rings. The van der Waals surface area contributed by atoms with Crippen molar-refractivity contribution in [2.45, 2.75) is 32.7 Å². The van der Waals surface area contributed by atoms with E-state index in [-0.39, 0.29) is 23.1 Å². The molecule has 1 aliphatic heterocycles. The van der Waals surface area contributed by atoms with Crippen LogP contribution in [0.3, 0.4) is 0 Å². The molecule has 0 radical (unpaired) electrons. The summed E-state index contributed by atoms with van der Waals surface area (Å²) in [5, 5.41) is 0. The molecule has 0 saturated carbocycles. The van der Waals surface area contributed by atoms with Gasteiger partial charge in [0.2, 0.25) is 0 Å². The quantitative estimate of drug-likeness (QED) is 0.863. The molecule has 0 aromatic carbocycles. The number of nitrogens with one attached hydrogen (secondary N) is 1. The molecule has 1 aromatic heterocycles. The first-order valence-corrected chi connectivity index (χ1v) is 6.50. The number of likely N-dealkylation sites (tertiary alicyclic amines) is 1. The van der Waals surface area contributed by atoms with Gasteiger partial charge in [0.25, 0.3) is 11.5 Å². The number of aryl methyl sites for hydroxylation is 1. The summed E-state index contributed by atoms with van der Waals surface area (Å²) in [6.45, 7) is 4.55. The van der Waals surface area contributed by atoms with Crippen molar-refractivity contribution in [2.24, 2.45) is 0 Å². The predicted octanol–water partition coefficient (Wildman–Crippen LogP) is 2.07. The maximum absolute atomic E-state index is 12.2. The fourth-order valence-corrected chi connectivity index (χ4v) is 2.47. The number of aromatic amines is 1. The minimum absolute atomic E-state index is 0.169. The zero-order valence-corrected chi connectivity index (χ0v) is 11.5. The summed E-state index contributed by atoms with van der Waals surface area (Å²) in [6.07, 6.45) is 2.02. The smallest absolute Gasteiger partial charge is 0.261 e. The number of aromatic nitrogens is 1. The Hall–Kier alpha value is -1.10. The number of amides is 1. The fraction of sp³-hybridized carbons (Fsp3) is 0.500. The van der Waals surface area contributed by atoms with E-state index in [2.05, 4.69) is 20.9 Å². The fourth-order valence-electron chi connectivity index (χ4n) is 2.15. The summed E-state index contributed by atoms with van der Waals surface area (Å²) in [6, 6.07) is 1.84. The highest BCUT2D eigenvalue weighted by molar-refractivity contribution is 9.10. The van der Waals surface area contributed by atoms with Crippen LogP contribution in [0.1, 0.15) is 35.8 Å². The van der Waals surface area contributed by atoms with E-state index in [4.69, 9.17) is 0 Å². The Balaban J connectivity index is 2.37. The third-order valence-electron chi connectivity index (χ3n) is 3.22. The molecule has 2 rings (SSSR count). The number of carbonyl (C=O) groups is 1. The van der Waals surface area contributed by atoms with Gasteiger partial charge >= 0.3 is 0 Å². The van der Waals surface area contributed by atoms with Gasteiger partial charge in [-0.15, -0.1) is 0 Å². The summed E-state index contributed by atoms with van der Waals surface area (Å²) in [7, 11) is 0. The van der Waals surface area contributed by atoms with Crippen molar-refractivity contribution in [1.82, 2.24) is 9.88 Å². The molecular weight excluding hydrogens is 284 g/mol. The van der Waals surface area contributed by atoms with E-state index in [9.17, 15) is 9.59 Å². The molecule has 17 heavy (non-hydrogen) atoms. The van der Waals surface area contributed by atoms with Gasteiger partial charge in [-0.3, -0.25) is 9.59 Å². The summed E-state index contributed by atoms with van der Waals surface area (Å²) < 4.78 is 0.757. The lowest BCUT2D eigenvalue weighted by Crippen LogP contribution is -2.37. The van der Waals surface area contributed by atoms with Crippen LogP contribution in [0.15, 0.2) is 15.3 Å². The van der Waals surface area contributed by atoms with E-state index in [1.54, 1.807) is 17.9 Å². The maximum Gasteiger partial charge on any atom is 0.261 e. The van der Waals surface area contributed by atoms with E-state index < -0.39 is 0 Å². The molecule has 4 nitrogen and oxygen atoms in total. The average Bonchev–Trinajstić information content (AvgIpc) is 2.69. The number of nitrogens with zero attached hydrogens (tertiary/aromatic N) is 1. The monoisotopic (exact) mass is 298 g/mol. The van der Waals surface area contributed by atoms with Crippen molar-refractivity contribution in [3.63, 3.8) is 0 Å². The third kappa shape index (κ3) is 2.29. The van der Waals surface area contributed by atoms with Crippen LogP contribution in [0.5, 0.6) is 0 Å². The Morgan fingerprint density at radius 3 is 2.88 bits per heavy atom. The predicted molar refractivity (Wildman–Crippen MR) is 69.2 cm³/mol. The molecule has 1 N–H and O–H groups in total. The SMILES string of the molecule is Cc1[nH]c(=O)c(C(=O)N2CCC[C@H]2C)cc1Br. The van der Waals surface area contributed by atoms with Gasteiger partial charge in [-0.25, -0.2) is 0 Å². The van der Waals surface area contributed by atoms with E-state index in [1.165, 1.54) is 0 Å². The summed E-state index contributed by atoms with van der Waals surface area (Å²) >= 11 is 3.33. The lowest BCUT2D eigenvalue weighted by molar-refractivity contribution is 0.0745. The molecule has 1 aromatic rings. The molecule has 1 atom stereocenters. The van der Waals surface area contributed by atoms with Gasteiger partial charge in [-0.2, -0.15) is 0 Å². The Morgan fingerprint density at radius 1 is 1.59 bits per heavy atom. The van der Waals surface area contributed by atoms with Crippen LogP contribution in [-0.4, -0.2) is 28.4 Å². The van der Waals surface area contributed by atoms with Crippen molar-refractivity contribution in [3.8, 4) is 0 Å². The highest BCUT2D eigenvalue weighted by atomic mass is 79.9. The number of hydrogen-bond donors (Lipinski definition) is 1. The molecule has 0 spiro atoms. The summed E-state index contributed by atoms with van der Waals surface area (Å²) in [5.41, 5.74) is 0.645. The first-order valence-electron chi connectivity index (χ1n) is 5.71. The van der Waals surface area contributed by atoms with Crippen molar-refractivity contribution < 1.29 is 4.79 Å². The number of H-pyrrole nitrogens is 1. The molecule has 0 unspecified atom stereocenters. The third-order valence-corrected chi connectivity index (χ3v) is 4.04. The zero-order valence-electron chi connectivity index (χ0n) is 9.92. The van der Waals surface area contributed by atoms with Crippen LogP contribution < -0.4 is 5.56 Å². The molecule has 1 aliphatic rings. The largest absolute Gasteiger partial charge is 0.336 e. The van der Waals surface area contributed by atoms with Gasteiger partial charge in [0.1, 0.15) is 5.56 Å². The van der Waals surface area contributed by atoms with E-state index in [0.29, 0.717) is 0 Å². The number of pyridine rings is 1. The molecule has 0 aliphatic carbocycles. The topological polar surface area (TPSA) is 53.2 Å². The summed E-state index contributed by atoms with van der Waals surface area (Å²) in [5.74, 6) is -0.169. The van der Waals surface area contributed by atoms with Gasteiger partial charge in [-0.1, -0.05) is 0 Å². The highest BCUT2D eigenvalue weighted by Crippen LogP contribution is 2.20. The van der Waals surface area contributed by atoms with Crippen LogP contribution in [-0.2, 0) is 0 Å². The molecule has 5 heteroatoms. The minimum Gasteiger partial charge on any atom is -0.336 e. The van der Waals surface area contributed by atoms with Crippen LogP contribution in [0.4, 0.5) is 0 Å². The van der Waals surface area contributed by atoms with Gasteiger partial charge in [0.15, 0.2) is 0 Å².